The van der Waals surface area contributed by atoms with Crippen LogP contribution in [0.4, 0.5) is 0 Å². The maximum atomic E-state index is 13.2. The van der Waals surface area contributed by atoms with Crippen LogP contribution in [0.5, 0.6) is 11.5 Å². The number of rotatable bonds is 15. The first kappa shape index (κ1) is 32.4. The summed E-state index contributed by atoms with van der Waals surface area (Å²) in [6.07, 6.45) is 4.83. The van der Waals surface area contributed by atoms with E-state index >= 15 is 0 Å². The molecule has 0 aliphatic carbocycles. The topological polar surface area (TPSA) is 85.6 Å². The average molecular weight is 570 g/mol. The fourth-order valence-electron chi connectivity index (χ4n) is 5.55. The van der Waals surface area contributed by atoms with Gasteiger partial charge in [-0.1, -0.05) is 77.6 Å². The van der Waals surface area contributed by atoms with Crippen molar-refractivity contribution in [3.63, 3.8) is 0 Å². The lowest BCUT2D eigenvalue weighted by Crippen LogP contribution is -2.39. The summed E-state index contributed by atoms with van der Waals surface area (Å²) in [6, 6.07) is 23.3. The lowest BCUT2D eigenvalue weighted by Gasteiger charge is -2.37. The molecule has 3 aromatic rings. The van der Waals surface area contributed by atoms with E-state index in [-0.39, 0.29) is 25.1 Å². The van der Waals surface area contributed by atoms with Gasteiger partial charge in [0.2, 0.25) is 0 Å². The van der Waals surface area contributed by atoms with Gasteiger partial charge in [-0.2, -0.15) is 5.26 Å². The van der Waals surface area contributed by atoms with Crippen LogP contribution in [0, 0.1) is 28.6 Å². The monoisotopic (exact) mass is 569 g/mol. The van der Waals surface area contributed by atoms with Crippen molar-refractivity contribution in [3.8, 4) is 28.7 Å². The third-order valence-electron chi connectivity index (χ3n) is 8.31. The number of esters is 2. The normalized spacial score (nSPS) is 12.4. The Bertz CT molecular complexity index is 1320. The molecule has 222 valence electrons. The minimum absolute atomic E-state index is 0.144. The predicted molar refractivity (Wildman–Crippen MR) is 165 cm³/mol. The third kappa shape index (κ3) is 8.45. The van der Waals surface area contributed by atoms with Crippen molar-refractivity contribution in [2.24, 2.45) is 17.3 Å². The quantitative estimate of drug-likeness (QED) is 0.103. The van der Waals surface area contributed by atoms with Crippen LogP contribution in [-0.4, -0.2) is 25.2 Å². The number of ether oxygens (including phenoxy) is 3. The number of nitrogens with zero attached hydrogens (tertiary/aromatic N) is 1. The van der Waals surface area contributed by atoms with Gasteiger partial charge in [0.05, 0.1) is 22.6 Å². The number of benzene rings is 3. The molecular weight excluding hydrogens is 526 g/mol. The zero-order chi connectivity index (χ0) is 30.5. The zero-order valence-electron chi connectivity index (χ0n) is 25.5. The van der Waals surface area contributed by atoms with E-state index < -0.39 is 11.4 Å². The Balaban J connectivity index is 1.50. The van der Waals surface area contributed by atoms with Crippen LogP contribution < -0.4 is 9.47 Å². The molecule has 6 nitrogen and oxygen atoms in total. The van der Waals surface area contributed by atoms with Crippen LogP contribution >= 0.6 is 0 Å². The van der Waals surface area contributed by atoms with E-state index in [4.69, 9.17) is 19.5 Å². The summed E-state index contributed by atoms with van der Waals surface area (Å²) in [6.45, 7) is 11.1. The van der Waals surface area contributed by atoms with Crippen LogP contribution in [-0.2, 0) is 9.53 Å². The summed E-state index contributed by atoms with van der Waals surface area (Å²) < 4.78 is 17.0. The van der Waals surface area contributed by atoms with Crippen molar-refractivity contribution in [1.29, 1.82) is 5.26 Å². The molecule has 0 aromatic heterocycles. The lowest BCUT2D eigenvalue weighted by molar-refractivity contribution is -0.161. The molecule has 3 rings (SSSR count). The number of carbonyl (C=O) groups is 2. The van der Waals surface area contributed by atoms with Gasteiger partial charge in [0.25, 0.3) is 0 Å². The Morgan fingerprint density at radius 3 is 1.83 bits per heavy atom. The van der Waals surface area contributed by atoms with E-state index in [9.17, 15) is 9.59 Å². The van der Waals surface area contributed by atoms with Gasteiger partial charge in [-0.15, -0.1) is 0 Å². The number of carbonyl (C=O) groups excluding carboxylic acids is 2. The fraction of sp³-hybridized carbons (Fsp3) is 0.417. The third-order valence-corrected chi connectivity index (χ3v) is 8.31. The van der Waals surface area contributed by atoms with Crippen LogP contribution in [0.3, 0.4) is 0 Å². The molecule has 1 unspecified atom stereocenters. The highest BCUT2D eigenvalue weighted by Gasteiger charge is 2.42. The molecule has 0 N–H and O–H groups in total. The van der Waals surface area contributed by atoms with Crippen LogP contribution in [0.1, 0.15) is 82.6 Å². The highest BCUT2D eigenvalue weighted by atomic mass is 16.6. The number of hydrogen-bond donors (Lipinski definition) is 0. The van der Waals surface area contributed by atoms with E-state index in [1.165, 1.54) is 0 Å². The molecule has 42 heavy (non-hydrogen) atoms. The highest BCUT2D eigenvalue weighted by Crippen LogP contribution is 2.41. The smallest absolute Gasteiger partial charge is 0.343 e. The molecule has 1 atom stereocenters. The Hall–Kier alpha value is -4.11. The van der Waals surface area contributed by atoms with Gasteiger partial charge in [-0.3, -0.25) is 4.79 Å². The van der Waals surface area contributed by atoms with Crippen molar-refractivity contribution < 1.29 is 23.8 Å². The molecule has 0 radical (unpaired) electrons. The molecule has 0 aliphatic heterocycles. The first-order chi connectivity index (χ1) is 20.3. The van der Waals surface area contributed by atoms with Crippen LogP contribution in [0.25, 0.3) is 11.1 Å². The highest BCUT2D eigenvalue weighted by molar-refractivity contribution is 5.91. The van der Waals surface area contributed by atoms with Crippen molar-refractivity contribution >= 4 is 11.9 Å². The summed E-state index contributed by atoms with van der Waals surface area (Å²) >= 11 is 0. The van der Waals surface area contributed by atoms with E-state index in [2.05, 4.69) is 40.7 Å². The standard InChI is InChI=1S/C36H43NO5/c1-6-26(7-2)24-36(5,31(8-3)9-4)35(39)41-23-22-40-32-18-16-30(17-19-32)34(38)42-33-20-14-29(15-21-33)28-12-10-27(25-37)11-13-28/h10-21,26,31H,6-9,22-24H2,1-5H3. The number of nitriles is 1. The second kappa shape index (κ2) is 15.8. The minimum atomic E-state index is -0.508. The molecule has 0 heterocycles. The summed E-state index contributed by atoms with van der Waals surface area (Å²) in [5, 5.41) is 8.96. The van der Waals surface area contributed by atoms with Crippen molar-refractivity contribution in [2.45, 2.75) is 66.7 Å². The molecule has 0 fully saturated rings. The maximum absolute atomic E-state index is 13.2. The summed E-state index contributed by atoms with van der Waals surface area (Å²) in [4.78, 5) is 25.9. The van der Waals surface area contributed by atoms with Crippen molar-refractivity contribution in [1.82, 2.24) is 0 Å². The van der Waals surface area contributed by atoms with Gasteiger partial charge in [0.1, 0.15) is 24.7 Å². The van der Waals surface area contributed by atoms with Crippen molar-refractivity contribution in [3.05, 3.63) is 83.9 Å². The first-order valence-corrected chi connectivity index (χ1v) is 15.0. The first-order valence-electron chi connectivity index (χ1n) is 15.0. The fourth-order valence-corrected chi connectivity index (χ4v) is 5.55. The van der Waals surface area contributed by atoms with E-state index in [1.54, 1.807) is 48.5 Å². The van der Waals surface area contributed by atoms with Gasteiger partial charge < -0.3 is 14.2 Å². The van der Waals surface area contributed by atoms with Gasteiger partial charge in [-0.05, 0) is 84.8 Å². The molecular formula is C36H43NO5. The summed E-state index contributed by atoms with van der Waals surface area (Å²) in [5.74, 6) is 1.17. The van der Waals surface area contributed by atoms with Gasteiger partial charge in [-0.25, -0.2) is 4.79 Å². The molecule has 0 amide bonds. The molecule has 3 aromatic carbocycles. The SMILES string of the molecule is CCC(CC)CC(C)(C(=O)OCCOc1ccc(C(=O)Oc2ccc(-c3ccc(C#N)cc3)cc2)cc1)C(CC)CC. The Kier molecular flexibility index (Phi) is 12.2. The largest absolute Gasteiger partial charge is 0.490 e. The van der Waals surface area contributed by atoms with Crippen LogP contribution in [0.15, 0.2) is 72.8 Å². The molecule has 0 bridgehead atoms. The van der Waals surface area contributed by atoms with Crippen LogP contribution in [0.2, 0.25) is 0 Å². The Morgan fingerprint density at radius 2 is 1.31 bits per heavy atom. The molecule has 0 aliphatic rings. The summed E-state index contributed by atoms with van der Waals surface area (Å²) in [5.41, 5.74) is 2.42. The second-order valence-electron chi connectivity index (χ2n) is 10.9. The summed E-state index contributed by atoms with van der Waals surface area (Å²) in [7, 11) is 0. The maximum Gasteiger partial charge on any atom is 0.343 e. The van der Waals surface area contributed by atoms with Gasteiger partial charge >= 0.3 is 11.9 Å². The molecule has 0 saturated carbocycles. The zero-order valence-corrected chi connectivity index (χ0v) is 25.5. The number of hydrogen-bond acceptors (Lipinski definition) is 6. The molecule has 0 spiro atoms. The second-order valence-corrected chi connectivity index (χ2v) is 10.9. The van der Waals surface area contributed by atoms with E-state index in [1.807, 2.05) is 24.3 Å². The lowest BCUT2D eigenvalue weighted by atomic mass is 9.68. The van der Waals surface area contributed by atoms with E-state index in [0.717, 1.165) is 43.2 Å². The van der Waals surface area contributed by atoms with Crippen molar-refractivity contribution in [2.75, 3.05) is 13.2 Å². The molecule has 6 heteroatoms. The Morgan fingerprint density at radius 1 is 0.762 bits per heavy atom. The Labute approximate surface area is 250 Å². The predicted octanol–water partition coefficient (Wildman–Crippen LogP) is 8.64. The molecule has 0 saturated heterocycles. The van der Waals surface area contributed by atoms with Gasteiger partial charge in [0, 0.05) is 0 Å². The van der Waals surface area contributed by atoms with Gasteiger partial charge in [0.15, 0.2) is 0 Å². The minimum Gasteiger partial charge on any atom is -0.490 e. The average Bonchev–Trinajstić information content (AvgIpc) is 3.03. The van der Waals surface area contributed by atoms with E-state index in [0.29, 0.717) is 28.5 Å².